The van der Waals surface area contributed by atoms with Gasteiger partial charge in [0, 0.05) is 24.8 Å². The molecule has 196 valence electrons. The Hall–Kier alpha value is -3.88. The molecular formula is C23H23ClN10O3S. The van der Waals surface area contributed by atoms with Crippen molar-refractivity contribution < 1.29 is 13.2 Å². The van der Waals surface area contributed by atoms with E-state index in [0.29, 0.717) is 76.1 Å². The van der Waals surface area contributed by atoms with Crippen molar-refractivity contribution in [3.63, 3.8) is 0 Å². The molecule has 0 bridgehead atoms. The van der Waals surface area contributed by atoms with Crippen LogP contribution < -0.4 is 10.5 Å². The van der Waals surface area contributed by atoms with Crippen molar-refractivity contribution >= 4 is 49.4 Å². The van der Waals surface area contributed by atoms with E-state index in [1.165, 1.54) is 16.9 Å². The lowest BCUT2D eigenvalue weighted by Gasteiger charge is -2.30. The fourth-order valence-electron chi connectivity index (χ4n) is 4.61. The predicted octanol–water partition coefficient (Wildman–Crippen LogP) is 2.25. The highest BCUT2D eigenvalue weighted by Crippen LogP contribution is 2.33. The van der Waals surface area contributed by atoms with Crippen LogP contribution in [0.2, 0.25) is 5.02 Å². The zero-order chi connectivity index (χ0) is 26.4. The summed E-state index contributed by atoms with van der Waals surface area (Å²) >= 11 is 6.53. The fraction of sp³-hybridized carbons (Fsp3) is 0.304. The Morgan fingerprint density at radius 1 is 1.18 bits per heavy atom. The minimum Gasteiger partial charge on any atom is -0.474 e. The number of hydrogen-bond acceptors (Lipinski definition) is 10. The largest absolute Gasteiger partial charge is 0.474 e. The number of benzene rings is 1. The quantitative estimate of drug-likeness (QED) is 0.317. The number of nitrogens with zero attached hydrogens (tertiary/aromatic N) is 8. The van der Waals surface area contributed by atoms with Gasteiger partial charge in [-0.15, -0.1) is 0 Å². The van der Waals surface area contributed by atoms with Gasteiger partial charge in [-0.2, -0.15) is 15.2 Å². The zero-order valence-corrected chi connectivity index (χ0v) is 21.8. The molecule has 15 heteroatoms. The summed E-state index contributed by atoms with van der Waals surface area (Å²) in [6.07, 6.45) is 6.81. The van der Waals surface area contributed by atoms with Crippen molar-refractivity contribution in [3.8, 4) is 17.1 Å². The standard InChI is InChI=1S/C23H23ClN10O3S/c1-38(35,36)33-7-5-14(6-8-33)37-23-18-15(24)3-2-4-16(18)30-17(31-23)11-34-22-19(21(25)26-12-27-22)20(32-34)13-9-28-29-10-13/h2-4,9-10,12,14H,5-8,11H2,1H3,(H,28,29)(H2,25,26,27). The number of aromatic nitrogens is 8. The average Bonchev–Trinajstić information content (AvgIpc) is 3.53. The number of sulfonamides is 1. The van der Waals surface area contributed by atoms with E-state index in [4.69, 9.17) is 37.1 Å². The normalized spacial score (nSPS) is 15.4. The monoisotopic (exact) mass is 554 g/mol. The lowest BCUT2D eigenvalue weighted by atomic mass is 10.1. The van der Waals surface area contributed by atoms with Gasteiger partial charge in [-0.05, 0) is 25.0 Å². The Morgan fingerprint density at radius 2 is 2.00 bits per heavy atom. The Bertz CT molecular complexity index is 1750. The number of halogens is 1. The van der Waals surface area contributed by atoms with Crippen molar-refractivity contribution in [3.05, 3.63) is 47.8 Å². The molecule has 0 amide bonds. The van der Waals surface area contributed by atoms with E-state index >= 15 is 0 Å². The summed E-state index contributed by atoms with van der Waals surface area (Å²) in [5, 5.41) is 13.2. The van der Waals surface area contributed by atoms with Crippen LogP contribution in [-0.4, -0.2) is 78.1 Å². The maximum atomic E-state index is 11.9. The van der Waals surface area contributed by atoms with Gasteiger partial charge in [-0.1, -0.05) is 17.7 Å². The number of nitrogen functional groups attached to an aromatic ring is 1. The molecule has 0 unspecified atom stereocenters. The number of aromatic amines is 1. The number of fused-ring (bicyclic) bond motifs is 2. The molecule has 38 heavy (non-hydrogen) atoms. The second-order valence-corrected chi connectivity index (χ2v) is 11.4. The first-order valence-electron chi connectivity index (χ1n) is 11.8. The lowest BCUT2D eigenvalue weighted by molar-refractivity contribution is 0.131. The fourth-order valence-corrected chi connectivity index (χ4v) is 5.73. The number of rotatable bonds is 6. The summed E-state index contributed by atoms with van der Waals surface area (Å²) in [7, 11) is -3.24. The number of H-pyrrole nitrogens is 1. The Labute approximate surface area is 222 Å². The second kappa shape index (κ2) is 9.45. The molecule has 4 aromatic heterocycles. The third kappa shape index (κ3) is 4.50. The first-order valence-corrected chi connectivity index (χ1v) is 14.0. The van der Waals surface area contributed by atoms with Crippen molar-refractivity contribution in [1.82, 2.24) is 44.2 Å². The van der Waals surface area contributed by atoms with Crippen LogP contribution in [0.4, 0.5) is 5.82 Å². The van der Waals surface area contributed by atoms with E-state index in [9.17, 15) is 8.42 Å². The minimum absolute atomic E-state index is 0.177. The third-order valence-corrected chi connectivity index (χ3v) is 8.07. The SMILES string of the molecule is CS(=O)(=O)N1CCC(Oc2nc(Cn3nc(-c4cn[nH]c4)c4c(N)ncnc43)nc3cccc(Cl)c23)CC1. The van der Waals surface area contributed by atoms with E-state index in [1.54, 1.807) is 23.1 Å². The first kappa shape index (κ1) is 24.5. The first-order chi connectivity index (χ1) is 18.3. The van der Waals surface area contributed by atoms with E-state index in [-0.39, 0.29) is 12.6 Å². The Morgan fingerprint density at radius 3 is 2.74 bits per heavy atom. The molecule has 1 fully saturated rings. The maximum Gasteiger partial charge on any atom is 0.226 e. The molecule has 5 heterocycles. The minimum atomic E-state index is -3.24. The zero-order valence-electron chi connectivity index (χ0n) is 20.2. The van der Waals surface area contributed by atoms with Crippen LogP contribution in [0.1, 0.15) is 18.7 Å². The van der Waals surface area contributed by atoms with Crippen LogP contribution in [0.15, 0.2) is 36.9 Å². The second-order valence-electron chi connectivity index (χ2n) is 9.01. The molecule has 0 saturated carbocycles. The molecule has 0 radical (unpaired) electrons. The number of nitrogens with two attached hydrogens (primary N) is 1. The molecule has 0 atom stereocenters. The predicted molar refractivity (Wildman–Crippen MR) is 141 cm³/mol. The van der Waals surface area contributed by atoms with E-state index in [1.807, 2.05) is 12.1 Å². The molecule has 13 nitrogen and oxygen atoms in total. The van der Waals surface area contributed by atoms with Crippen LogP contribution in [0.5, 0.6) is 5.88 Å². The van der Waals surface area contributed by atoms with Gasteiger partial charge in [-0.25, -0.2) is 32.4 Å². The molecule has 1 aliphatic heterocycles. The van der Waals surface area contributed by atoms with Gasteiger partial charge in [0.15, 0.2) is 11.5 Å². The molecule has 1 aromatic carbocycles. The summed E-state index contributed by atoms with van der Waals surface area (Å²) in [6, 6.07) is 5.40. The average molecular weight is 555 g/mol. The van der Waals surface area contributed by atoms with E-state index < -0.39 is 10.0 Å². The summed E-state index contributed by atoms with van der Waals surface area (Å²) in [4.78, 5) is 18.0. The summed E-state index contributed by atoms with van der Waals surface area (Å²) in [5.74, 6) is 1.07. The van der Waals surface area contributed by atoms with Gasteiger partial charge in [0.1, 0.15) is 30.5 Å². The summed E-state index contributed by atoms with van der Waals surface area (Å²) < 4.78 is 33.2. The van der Waals surface area contributed by atoms with Gasteiger partial charge in [-0.3, -0.25) is 5.10 Å². The van der Waals surface area contributed by atoms with Crippen LogP contribution in [0.25, 0.3) is 33.2 Å². The molecule has 1 aliphatic rings. The molecule has 0 aliphatic carbocycles. The van der Waals surface area contributed by atoms with Crippen molar-refractivity contribution in [2.75, 3.05) is 25.1 Å². The summed E-state index contributed by atoms with van der Waals surface area (Å²) in [6.45, 7) is 0.935. The van der Waals surface area contributed by atoms with Crippen molar-refractivity contribution in [2.24, 2.45) is 0 Å². The highest BCUT2D eigenvalue weighted by molar-refractivity contribution is 7.88. The number of ether oxygens (including phenoxy) is 1. The molecule has 3 N–H and O–H groups in total. The van der Waals surface area contributed by atoms with E-state index in [0.717, 1.165) is 5.56 Å². The Balaban J connectivity index is 1.37. The number of hydrogen-bond donors (Lipinski definition) is 2. The summed E-state index contributed by atoms with van der Waals surface area (Å²) in [5.41, 5.74) is 8.66. The third-order valence-electron chi connectivity index (χ3n) is 6.46. The number of anilines is 1. The molecule has 0 spiro atoms. The highest BCUT2D eigenvalue weighted by Gasteiger charge is 2.27. The van der Waals surface area contributed by atoms with Crippen LogP contribution in [-0.2, 0) is 16.6 Å². The molecular weight excluding hydrogens is 532 g/mol. The molecule has 1 saturated heterocycles. The van der Waals surface area contributed by atoms with Gasteiger partial charge in [0.2, 0.25) is 15.9 Å². The lowest BCUT2D eigenvalue weighted by Crippen LogP contribution is -2.41. The van der Waals surface area contributed by atoms with E-state index in [2.05, 4.69) is 20.2 Å². The van der Waals surface area contributed by atoms with Crippen LogP contribution >= 0.6 is 11.6 Å². The van der Waals surface area contributed by atoms with Crippen molar-refractivity contribution in [1.29, 1.82) is 0 Å². The smallest absolute Gasteiger partial charge is 0.226 e. The number of piperidine rings is 1. The molecule has 5 aromatic rings. The van der Waals surface area contributed by atoms with Gasteiger partial charge in [0.25, 0.3) is 0 Å². The topological polar surface area (TPSA) is 171 Å². The highest BCUT2D eigenvalue weighted by atomic mass is 35.5. The van der Waals surface area contributed by atoms with Crippen LogP contribution in [0, 0.1) is 0 Å². The van der Waals surface area contributed by atoms with Crippen LogP contribution in [0.3, 0.4) is 0 Å². The van der Waals surface area contributed by atoms with Gasteiger partial charge >= 0.3 is 0 Å². The maximum absolute atomic E-state index is 11.9. The Kier molecular flexibility index (Phi) is 6.08. The number of nitrogens with one attached hydrogen (secondary N) is 1. The molecule has 6 rings (SSSR count). The van der Waals surface area contributed by atoms with Gasteiger partial charge in [0.05, 0.1) is 33.8 Å². The van der Waals surface area contributed by atoms with Gasteiger partial charge < -0.3 is 10.5 Å². The van der Waals surface area contributed by atoms with Crippen molar-refractivity contribution in [2.45, 2.75) is 25.5 Å².